The molecule has 0 amide bonds. The van der Waals surface area contributed by atoms with Crippen LogP contribution in [0.5, 0.6) is 11.5 Å². The Morgan fingerprint density at radius 2 is 1.88 bits per heavy atom. The minimum absolute atomic E-state index is 0. The Hall–Kier alpha value is -0.720. The van der Waals surface area contributed by atoms with Gasteiger partial charge in [0, 0.05) is 45.4 Å². The Morgan fingerprint density at radius 1 is 1.21 bits per heavy atom. The Balaban J connectivity index is 0.00000144. The number of ether oxygens (including phenoxy) is 2. The van der Waals surface area contributed by atoms with Gasteiger partial charge < -0.3 is 19.9 Å². The van der Waals surface area contributed by atoms with Crippen molar-refractivity contribution in [3.05, 3.63) is 23.8 Å². The molecule has 1 atom stereocenters. The second-order valence-corrected chi connectivity index (χ2v) is 6.11. The highest BCUT2D eigenvalue weighted by atomic mass is 35.5. The number of hydrogen-bond donors (Lipinski definition) is 2. The van der Waals surface area contributed by atoms with Crippen LogP contribution in [0, 0.1) is 5.92 Å². The Bertz CT molecular complexity index is 475. The van der Waals surface area contributed by atoms with E-state index in [0.717, 1.165) is 52.2 Å². The maximum Gasteiger partial charge on any atom is 0.160 e. The van der Waals surface area contributed by atoms with Crippen LogP contribution in [-0.2, 0) is 4.74 Å². The highest BCUT2D eigenvalue weighted by Gasteiger charge is 2.31. The van der Waals surface area contributed by atoms with Crippen LogP contribution in [0.25, 0.3) is 0 Å². The third-order valence-electron chi connectivity index (χ3n) is 4.80. The lowest BCUT2D eigenvalue weighted by atomic mass is 9.85. The van der Waals surface area contributed by atoms with Gasteiger partial charge in [0.1, 0.15) is 0 Å². The summed E-state index contributed by atoms with van der Waals surface area (Å²) in [6, 6.07) is 6.17. The Morgan fingerprint density at radius 3 is 2.50 bits per heavy atom. The number of rotatable bonds is 4. The molecule has 2 aliphatic heterocycles. The molecule has 0 bridgehead atoms. The lowest BCUT2D eigenvalue weighted by molar-refractivity contribution is 0.0212. The van der Waals surface area contributed by atoms with Crippen LogP contribution >= 0.6 is 24.8 Å². The number of aromatic hydroxyl groups is 1. The zero-order chi connectivity index (χ0) is 15.4. The highest BCUT2D eigenvalue weighted by Crippen LogP contribution is 2.38. The van der Waals surface area contributed by atoms with Crippen molar-refractivity contribution in [1.29, 1.82) is 0 Å². The standard InChI is InChI=1S/C17H26N2O3.2ClH/c1-21-16-12-14(2-3-15(16)20)17(13-4-10-22-11-5-13)19-8-6-18-7-9-19;;/h2-3,12-13,17-18,20H,4-11H2,1H3;2*1H/t17-;;/m1../s1. The minimum Gasteiger partial charge on any atom is -0.504 e. The SMILES string of the molecule is COc1cc([C@@H](C2CCOCC2)N2CCNCC2)ccc1O.Cl.Cl. The van der Waals surface area contributed by atoms with E-state index in [4.69, 9.17) is 9.47 Å². The second kappa shape index (κ2) is 10.3. The normalized spacial score (nSPS) is 20.5. The summed E-state index contributed by atoms with van der Waals surface area (Å²) < 4.78 is 10.8. The third-order valence-corrected chi connectivity index (χ3v) is 4.80. The van der Waals surface area contributed by atoms with E-state index in [-0.39, 0.29) is 30.6 Å². The van der Waals surface area contributed by atoms with Gasteiger partial charge in [-0.3, -0.25) is 4.90 Å². The van der Waals surface area contributed by atoms with Crippen molar-refractivity contribution in [3.8, 4) is 11.5 Å². The minimum atomic E-state index is 0. The zero-order valence-electron chi connectivity index (χ0n) is 14.1. The van der Waals surface area contributed by atoms with Gasteiger partial charge in [-0.1, -0.05) is 6.07 Å². The predicted octanol–water partition coefficient (Wildman–Crippen LogP) is 2.62. The van der Waals surface area contributed by atoms with Gasteiger partial charge in [-0.25, -0.2) is 0 Å². The maximum absolute atomic E-state index is 9.87. The van der Waals surface area contributed by atoms with E-state index >= 15 is 0 Å². The largest absolute Gasteiger partial charge is 0.504 e. The van der Waals surface area contributed by atoms with Gasteiger partial charge in [0.05, 0.1) is 7.11 Å². The molecule has 2 N–H and O–H groups in total. The van der Waals surface area contributed by atoms with E-state index < -0.39 is 0 Å². The summed E-state index contributed by atoms with van der Waals surface area (Å²) in [5, 5.41) is 13.3. The molecule has 1 aromatic rings. The summed E-state index contributed by atoms with van der Waals surface area (Å²) in [5.41, 5.74) is 1.24. The van der Waals surface area contributed by atoms with E-state index in [1.54, 1.807) is 13.2 Å². The number of phenolic OH excluding ortho intramolecular Hbond substituents is 1. The lowest BCUT2D eigenvalue weighted by Crippen LogP contribution is -2.47. The van der Waals surface area contributed by atoms with Gasteiger partial charge in [0.25, 0.3) is 0 Å². The van der Waals surface area contributed by atoms with Crippen LogP contribution in [0.2, 0.25) is 0 Å². The first kappa shape index (κ1) is 21.3. The molecule has 138 valence electrons. The van der Waals surface area contributed by atoms with Crippen LogP contribution < -0.4 is 10.1 Å². The van der Waals surface area contributed by atoms with Crippen LogP contribution in [0.15, 0.2) is 18.2 Å². The average Bonchev–Trinajstić information content (AvgIpc) is 2.58. The molecule has 5 nitrogen and oxygen atoms in total. The summed E-state index contributed by atoms with van der Waals surface area (Å²) in [4.78, 5) is 2.57. The fourth-order valence-corrected chi connectivity index (χ4v) is 3.65. The van der Waals surface area contributed by atoms with Crippen molar-refractivity contribution < 1.29 is 14.6 Å². The monoisotopic (exact) mass is 378 g/mol. The first-order chi connectivity index (χ1) is 10.8. The summed E-state index contributed by atoms with van der Waals surface area (Å²) in [6.07, 6.45) is 2.19. The summed E-state index contributed by atoms with van der Waals surface area (Å²) in [6.45, 7) is 5.89. The molecule has 0 aliphatic carbocycles. The van der Waals surface area contributed by atoms with E-state index in [0.29, 0.717) is 17.7 Å². The fraction of sp³-hybridized carbons (Fsp3) is 0.647. The average molecular weight is 379 g/mol. The van der Waals surface area contributed by atoms with E-state index in [2.05, 4.69) is 10.2 Å². The van der Waals surface area contributed by atoms with Crippen LogP contribution in [0.4, 0.5) is 0 Å². The maximum atomic E-state index is 9.87. The second-order valence-electron chi connectivity index (χ2n) is 6.11. The summed E-state index contributed by atoms with van der Waals surface area (Å²) >= 11 is 0. The van der Waals surface area contributed by atoms with E-state index in [1.165, 1.54) is 5.56 Å². The first-order valence-corrected chi connectivity index (χ1v) is 8.19. The molecular formula is C17H28Cl2N2O3. The highest BCUT2D eigenvalue weighted by molar-refractivity contribution is 5.85. The molecular weight excluding hydrogens is 351 g/mol. The molecule has 0 aromatic heterocycles. The molecule has 1 aromatic carbocycles. The topological polar surface area (TPSA) is 54.0 Å². The van der Waals surface area contributed by atoms with E-state index in [1.807, 2.05) is 12.1 Å². The number of hydrogen-bond acceptors (Lipinski definition) is 5. The van der Waals surface area contributed by atoms with Crippen LogP contribution in [-0.4, -0.2) is 56.5 Å². The fourth-order valence-electron chi connectivity index (χ4n) is 3.65. The quantitative estimate of drug-likeness (QED) is 0.843. The summed E-state index contributed by atoms with van der Waals surface area (Å²) in [5.74, 6) is 1.36. The number of nitrogens with zero attached hydrogens (tertiary/aromatic N) is 1. The molecule has 0 spiro atoms. The predicted molar refractivity (Wildman–Crippen MR) is 99.9 cm³/mol. The number of piperazine rings is 1. The zero-order valence-corrected chi connectivity index (χ0v) is 15.7. The van der Waals surface area contributed by atoms with Gasteiger partial charge in [-0.2, -0.15) is 0 Å². The third kappa shape index (κ3) is 4.90. The van der Waals surface area contributed by atoms with Crippen molar-refractivity contribution in [1.82, 2.24) is 10.2 Å². The molecule has 0 unspecified atom stereocenters. The molecule has 0 saturated carbocycles. The van der Waals surface area contributed by atoms with Crippen molar-refractivity contribution in [2.75, 3.05) is 46.5 Å². The molecule has 3 rings (SSSR count). The smallest absolute Gasteiger partial charge is 0.160 e. The van der Waals surface area contributed by atoms with Crippen molar-refractivity contribution in [2.45, 2.75) is 18.9 Å². The van der Waals surface area contributed by atoms with E-state index in [9.17, 15) is 5.11 Å². The lowest BCUT2D eigenvalue weighted by Gasteiger charge is -2.41. The first-order valence-electron chi connectivity index (χ1n) is 8.19. The summed E-state index contributed by atoms with van der Waals surface area (Å²) in [7, 11) is 1.60. The number of methoxy groups -OCH3 is 1. The van der Waals surface area contributed by atoms with Gasteiger partial charge in [-0.15, -0.1) is 24.8 Å². The molecule has 7 heteroatoms. The van der Waals surface area contributed by atoms with Crippen LogP contribution in [0.1, 0.15) is 24.4 Å². The number of halogens is 2. The number of nitrogens with one attached hydrogen (secondary N) is 1. The number of benzene rings is 1. The Kier molecular flexibility index (Phi) is 9.16. The van der Waals surface area contributed by atoms with Gasteiger partial charge in [0.2, 0.25) is 0 Å². The van der Waals surface area contributed by atoms with Gasteiger partial charge in [0.15, 0.2) is 11.5 Å². The van der Waals surface area contributed by atoms with Crippen molar-refractivity contribution in [3.63, 3.8) is 0 Å². The van der Waals surface area contributed by atoms with Crippen LogP contribution in [0.3, 0.4) is 0 Å². The van der Waals surface area contributed by atoms with Gasteiger partial charge >= 0.3 is 0 Å². The molecule has 2 heterocycles. The molecule has 2 saturated heterocycles. The van der Waals surface area contributed by atoms with Crippen molar-refractivity contribution in [2.24, 2.45) is 5.92 Å². The van der Waals surface area contributed by atoms with Crippen molar-refractivity contribution >= 4 is 24.8 Å². The molecule has 24 heavy (non-hydrogen) atoms. The molecule has 2 fully saturated rings. The Labute approximate surface area is 156 Å². The number of phenols is 1. The van der Waals surface area contributed by atoms with Gasteiger partial charge in [-0.05, 0) is 36.5 Å². The molecule has 2 aliphatic rings. The molecule has 0 radical (unpaired) electrons.